The van der Waals surface area contributed by atoms with Crippen molar-refractivity contribution in [3.8, 4) is 0 Å². The van der Waals surface area contributed by atoms with Gasteiger partial charge in [0.15, 0.2) is 0 Å². The summed E-state index contributed by atoms with van der Waals surface area (Å²) in [7, 11) is -3.67. The third kappa shape index (κ3) is 2.88. The van der Waals surface area contributed by atoms with E-state index < -0.39 is 10.0 Å². The molecule has 0 saturated carbocycles. The van der Waals surface area contributed by atoms with E-state index >= 15 is 0 Å². The normalized spacial score (nSPS) is 18.4. The van der Waals surface area contributed by atoms with Crippen LogP contribution in [0.15, 0.2) is 64.6 Å². The minimum absolute atomic E-state index is 0.104. The van der Waals surface area contributed by atoms with Gasteiger partial charge in [-0.3, -0.25) is 5.01 Å². The van der Waals surface area contributed by atoms with Crippen molar-refractivity contribution in [3.05, 3.63) is 60.2 Å². The topological polar surface area (TPSA) is 75.8 Å². The van der Waals surface area contributed by atoms with Crippen molar-refractivity contribution in [2.45, 2.75) is 24.3 Å². The molecule has 1 unspecified atom stereocenters. The molecule has 2 aromatic rings. The Kier molecular flexibility index (Phi) is 3.72. The van der Waals surface area contributed by atoms with E-state index in [1.54, 1.807) is 12.1 Å². The molecule has 0 fully saturated rings. The molecule has 1 atom stereocenters. The molecule has 0 bridgehead atoms. The number of primary sulfonamides is 1. The van der Waals surface area contributed by atoms with Gasteiger partial charge >= 0.3 is 0 Å². The summed E-state index contributed by atoms with van der Waals surface area (Å²) in [4.78, 5) is 0.104. The monoisotopic (exact) mass is 315 g/mol. The molecule has 114 valence electrons. The van der Waals surface area contributed by atoms with Gasteiger partial charge in [0, 0.05) is 12.1 Å². The molecule has 0 spiro atoms. The quantitative estimate of drug-likeness (QED) is 0.946. The zero-order valence-electron chi connectivity index (χ0n) is 12.2. The Morgan fingerprint density at radius 1 is 1.09 bits per heavy atom. The number of benzene rings is 2. The first-order valence-electron chi connectivity index (χ1n) is 6.96. The molecular formula is C16H17N3O2S. The number of nitrogens with zero attached hydrogens (tertiary/aromatic N) is 2. The fourth-order valence-corrected chi connectivity index (χ4v) is 3.14. The lowest BCUT2D eigenvalue weighted by Gasteiger charge is -2.24. The number of hydrazone groups is 1. The molecule has 1 aliphatic heterocycles. The van der Waals surface area contributed by atoms with Crippen LogP contribution in [0.1, 0.15) is 24.9 Å². The maximum absolute atomic E-state index is 11.3. The molecule has 0 radical (unpaired) electrons. The molecule has 2 N–H and O–H groups in total. The van der Waals surface area contributed by atoms with Crippen LogP contribution in [-0.4, -0.2) is 14.1 Å². The molecule has 6 heteroatoms. The van der Waals surface area contributed by atoms with Crippen LogP contribution in [0.25, 0.3) is 0 Å². The second-order valence-corrected chi connectivity index (χ2v) is 6.91. The maximum Gasteiger partial charge on any atom is 0.238 e. The lowest BCUT2D eigenvalue weighted by Crippen LogP contribution is -2.19. The predicted octanol–water partition coefficient (Wildman–Crippen LogP) is 2.66. The van der Waals surface area contributed by atoms with Gasteiger partial charge in [0.2, 0.25) is 10.0 Å². The highest BCUT2D eigenvalue weighted by Crippen LogP contribution is 2.35. The Labute approximate surface area is 130 Å². The second-order valence-electron chi connectivity index (χ2n) is 5.35. The Balaban J connectivity index is 1.95. The number of nitrogens with two attached hydrogens (primary N) is 1. The van der Waals surface area contributed by atoms with Crippen molar-refractivity contribution in [2.24, 2.45) is 10.2 Å². The molecule has 0 amide bonds. The number of hydrogen-bond acceptors (Lipinski definition) is 4. The van der Waals surface area contributed by atoms with Gasteiger partial charge in [0.25, 0.3) is 0 Å². The summed E-state index contributed by atoms with van der Waals surface area (Å²) >= 11 is 0. The van der Waals surface area contributed by atoms with Gasteiger partial charge in [0.1, 0.15) is 0 Å². The first-order chi connectivity index (χ1) is 10.4. The largest absolute Gasteiger partial charge is 0.258 e. The van der Waals surface area contributed by atoms with Gasteiger partial charge in [0.05, 0.1) is 16.6 Å². The lowest BCUT2D eigenvalue weighted by atomic mass is 10.0. The van der Waals surface area contributed by atoms with Crippen LogP contribution in [0.4, 0.5) is 5.69 Å². The average Bonchev–Trinajstić information content (AvgIpc) is 2.89. The lowest BCUT2D eigenvalue weighted by molar-refractivity contribution is 0.598. The molecule has 1 heterocycles. The smallest absolute Gasteiger partial charge is 0.238 e. The van der Waals surface area contributed by atoms with Crippen LogP contribution in [0.3, 0.4) is 0 Å². The van der Waals surface area contributed by atoms with Gasteiger partial charge in [-0.05, 0) is 36.8 Å². The summed E-state index contributed by atoms with van der Waals surface area (Å²) in [6, 6.07) is 16.8. The first kappa shape index (κ1) is 14.7. The van der Waals surface area contributed by atoms with Gasteiger partial charge in [-0.1, -0.05) is 30.3 Å². The van der Waals surface area contributed by atoms with Crippen LogP contribution in [0.2, 0.25) is 0 Å². The summed E-state index contributed by atoms with van der Waals surface area (Å²) in [6.07, 6.45) is 0.848. The second kappa shape index (κ2) is 5.55. The van der Waals surface area contributed by atoms with Crippen LogP contribution < -0.4 is 10.1 Å². The van der Waals surface area contributed by atoms with Crippen molar-refractivity contribution in [2.75, 3.05) is 5.01 Å². The van der Waals surface area contributed by atoms with Crippen molar-refractivity contribution in [3.63, 3.8) is 0 Å². The van der Waals surface area contributed by atoms with Gasteiger partial charge < -0.3 is 0 Å². The van der Waals surface area contributed by atoms with E-state index in [9.17, 15) is 8.42 Å². The number of anilines is 1. The fraction of sp³-hybridized carbons (Fsp3) is 0.188. The zero-order valence-corrected chi connectivity index (χ0v) is 13.0. The van der Waals surface area contributed by atoms with E-state index in [-0.39, 0.29) is 10.9 Å². The molecule has 3 rings (SSSR count). The molecule has 0 aromatic heterocycles. The minimum atomic E-state index is -3.67. The van der Waals surface area contributed by atoms with Gasteiger partial charge in [-0.25, -0.2) is 13.6 Å². The summed E-state index contributed by atoms with van der Waals surface area (Å²) in [5.74, 6) is 0. The van der Waals surface area contributed by atoms with Crippen molar-refractivity contribution >= 4 is 21.4 Å². The first-order valence-corrected chi connectivity index (χ1v) is 8.51. The van der Waals surface area contributed by atoms with Crippen LogP contribution >= 0.6 is 0 Å². The van der Waals surface area contributed by atoms with Crippen LogP contribution in [0, 0.1) is 0 Å². The van der Waals surface area contributed by atoms with Crippen molar-refractivity contribution in [1.29, 1.82) is 0 Å². The van der Waals surface area contributed by atoms with Crippen LogP contribution in [0.5, 0.6) is 0 Å². The third-order valence-electron chi connectivity index (χ3n) is 3.68. The Morgan fingerprint density at radius 3 is 2.32 bits per heavy atom. The molecule has 5 nitrogen and oxygen atoms in total. The summed E-state index contributed by atoms with van der Waals surface area (Å²) < 4.78 is 22.7. The van der Waals surface area contributed by atoms with E-state index in [2.05, 4.69) is 17.2 Å². The van der Waals surface area contributed by atoms with Crippen LogP contribution in [-0.2, 0) is 10.0 Å². The average molecular weight is 315 g/mol. The van der Waals surface area contributed by atoms with E-state index in [1.165, 1.54) is 17.7 Å². The van der Waals surface area contributed by atoms with Crippen molar-refractivity contribution in [1.82, 2.24) is 0 Å². The predicted molar refractivity (Wildman–Crippen MR) is 87.2 cm³/mol. The zero-order chi connectivity index (χ0) is 15.7. The Morgan fingerprint density at radius 2 is 1.73 bits per heavy atom. The molecule has 22 heavy (non-hydrogen) atoms. The fourth-order valence-electron chi connectivity index (χ4n) is 2.62. The maximum atomic E-state index is 11.3. The summed E-state index contributed by atoms with van der Waals surface area (Å²) in [5, 5.41) is 11.6. The standard InChI is InChI=1S/C16H17N3O2S/c1-12-11-16(13-5-3-2-4-6-13)19(18-12)14-7-9-15(10-8-14)22(17,20)21/h2-10,16H,11H2,1H3,(H2,17,20,21). The number of hydrogen-bond donors (Lipinski definition) is 1. The van der Waals surface area contributed by atoms with Crippen molar-refractivity contribution < 1.29 is 8.42 Å². The number of rotatable bonds is 3. The third-order valence-corrected chi connectivity index (χ3v) is 4.61. The molecule has 1 aliphatic rings. The Bertz CT molecular complexity index is 799. The van der Waals surface area contributed by atoms with E-state index in [4.69, 9.17) is 5.14 Å². The van der Waals surface area contributed by atoms with Gasteiger partial charge in [-0.15, -0.1) is 0 Å². The molecular weight excluding hydrogens is 298 g/mol. The summed E-state index contributed by atoms with van der Waals surface area (Å²) in [6.45, 7) is 1.99. The Hall–Kier alpha value is -2.18. The molecule has 0 saturated heterocycles. The van der Waals surface area contributed by atoms with E-state index in [0.717, 1.165) is 17.8 Å². The highest BCUT2D eigenvalue weighted by Gasteiger charge is 2.27. The highest BCUT2D eigenvalue weighted by atomic mass is 32.2. The SMILES string of the molecule is CC1=NN(c2ccc(S(N)(=O)=O)cc2)C(c2ccccc2)C1. The minimum Gasteiger partial charge on any atom is -0.258 e. The molecule has 2 aromatic carbocycles. The molecule has 0 aliphatic carbocycles. The number of sulfonamides is 1. The highest BCUT2D eigenvalue weighted by molar-refractivity contribution is 7.89. The van der Waals surface area contributed by atoms with E-state index in [1.807, 2.05) is 30.1 Å². The van der Waals surface area contributed by atoms with Gasteiger partial charge in [-0.2, -0.15) is 5.10 Å². The summed E-state index contributed by atoms with van der Waals surface area (Å²) in [5.41, 5.74) is 3.07. The van der Waals surface area contributed by atoms with E-state index in [0.29, 0.717) is 0 Å².